The van der Waals surface area contributed by atoms with Crippen molar-refractivity contribution in [1.82, 2.24) is 19.8 Å². The first kappa shape index (κ1) is 18.6. The number of piperidine rings is 1. The normalized spacial score (nSPS) is 16.9. The van der Waals surface area contributed by atoms with Gasteiger partial charge < -0.3 is 9.80 Å². The van der Waals surface area contributed by atoms with Gasteiger partial charge in [-0.25, -0.2) is 4.98 Å². The average molecular weight is 395 g/mol. The fraction of sp³-hybridized carbons (Fsp3) is 0.333. The molecule has 0 radical (unpaired) electrons. The van der Waals surface area contributed by atoms with E-state index in [4.69, 9.17) is 0 Å². The molecule has 2 amide bonds. The molecule has 0 aliphatic carbocycles. The SMILES string of the molecule is CN(C)C(=O)c1sc2ncccc2c1[C@H]1CCCN(C(=O)c2ccccn2)C1. The van der Waals surface area contributed by atoms with Crippen molar-refractivity contribution in [3.63, 3.8) is 0 Å². The Labute approximate surface area is 167 Å². The van der Waals surface area contributed by atoms with Crippen LogP contribution in [-0.4, -0.2) is 58.8 Å². The van der Waals surface area contributed by atoms with E-state index in [1.807, 2.05) is 23.1 Å². The van der Waals surface area contributed by atoms with Crippen LogP contribution in [0, 0.1) is 0 Å². The van der Waals surface area contributed by atoms with E-state index in [9.17, 15) is 9.59 Å². The van der Waals surface area contributed by atoms with E-state index in [2.05, 4.69) is 9.97 Å². The Morgan fingerprint density at radius 2 is 1.96 bits per heavy atom. The molecule has 1 saturated heterocycles. The summed E-state index contributed by atoms with van der Waals surface area (Å²) in [5, 5.41) is 1.02. The van der Waals surface area contributed by atoms with E-state index in [0.29, 0.717) is 18.8 Å². The van der Waals surface area contributed by atoms with Gasteiger partial charge in [-0.05, 0) is 36.6 Å². The summed E-state index contributed by atoms with van der Waals surface area (Å²) in [6, 6.07) is 9.31. The third kappa shape index (κ3) is 3.38. The maximum atomic E-state index is 12.9. The van der Waals surface area contributed by atoms with Gasteiger partial charge in [-0.1, -0.05) is 12.1 Å². The van der Waals surface area contributed by atoms with Gasteiger partial charge in [-0.15, -0.1) is 11.3 Å². The minimum absolute atomic E-state index is 0.00817. The number of thiophene rings is 1. The van der Waals surface area contributed by atoms with Crippen molar-refractivity contribution in [3.8, 4) is 0 Å². The number of carbonyl (C=O) groups excluding carboxylic acids is 2. The minimum Gasteiger partial charge on any atom is -0.344 e. The Kier molecular flexibility index (Phi) is 5.09. The lowest BCUT2D eigenvalue weighted by atomic mass is 9.88. The lowest BCUT2D eigenvalue weighted by molar-refractivity contribution is 0.0701. The first-order valence-electron chi connectivity index (χ1n) is 9.35. The third-order valence-electron chi connectivity index (χ3n) is 5.11. The van der Waals surface area contributed by atoms with E-state index in [-0.39, 0.29) is 17.7 Å². The zero-order chi connectivity index (χ0) is 19.7. The average Bonchev–Trinajstić information content (AvgIpc) is 3.12. The summed E-state index contributed by atoms with van der Waals surface area (Å²) in [6.07, 6.45) is 5.24. The second-order valence-electron chi connectivity index (χ2n) is 7.21. The van der Waals surface area contributed by atoms with E-state index in [0.717, 1.165) is 33.5 Å². The summed E-state index contributed by atoms with van der Waals surface area (Å²) in [4.78, 5) is 39.4. The highest BCUT2D eigenvalue weighted by atomic mass is 32.1. The molecule has 28 heavy (non-hydrogen) atoms. The molecule has 0 unspecified atom stereocenters. The number of pyridine rings is 2. The molecule has 0 bridgehead atoms. The lowest BCUT2D eigenvalue weighted by Crippen LogP contribution is -2.39. The molecule has 0 saturated carbocycles. The van der Waals surface area contributed by atoms with Gasteiger partial charge in [0.15, 0.2) is 0 Å². The van der Waals surface area contributed by atoms with Gasteiger partial charge >= 0.3 is 0 Å². The Balaban J connectivity index is 1.70. The fourth-order valence-electron chi connectivity index (χ4n) is 3.77. The standard InChI is InChI=1S/C21H22N4O2S/c1-24(2)21(27)18-17(15-8-5-11-23-19(15)28-18)14-7-6-12-25(13-14)20(26)16-9-3-4-10-22-16/h3-5,8-11,14H,6-7,12-13H2,1-2H3/t14-/m0/s1. The zero-order valence-electron chi connectivity index (χ0n) is 16.0. The predicted octanol–water partition coefficient (Wildman–Crippen LogP) is 3.41. The fourth-order valence-corrected chi connectivity index (χ4v) is 5.02. The number of hydrogen-bond donors (Lipinski definition) is 0. The monoisotopic (exact) mass is 394 g/mol. The van der Waals surface area contributed by atoms with Crippen molar-refractivity contribution in [2.24, 2.45) is 0 Å². The van der Waals surface area contributed by atoms with Crippen molar-refractivity contribution in [2.45, 2.75) is 18.8 Å². The zero-order valence-corrected chi connectivity index (χ0v) is 16.8. The molecular formula is C21H22N4O2S. The summed E-state index contributed by atoms with van der Waals surface area (Å²) in [7, 11) is 3.53. The third-order valence-corrected chi connectivity index (χ3v) is 6.22. The van der Waals surface area contributed by atoms with Crippen molar-refractivity contribution >= 4 is 33.4 Å². The molecule has 3 aromatic rings. The van der Waals surface area contributed by atoms with Gasteiger partial charge in [0.25, 0.3) is 11.8 Å². The molecule has 7 heteroatoms. The number of carbonyl (C=O) groups is 2. The molecule has 0 aromatic carbocycles. The molecule has 0 N–H and O–H groups in total. The number of rotatable bonds is 3. The maximum Gasteiger partial charge on any atom is 0.272 e. The van der Waals surface area contributed by atoms with Crippen LogP contribution in [0.4, 0.5) is 0 Å². The van der Waals surface area contributed by atoms with Crippen LogP contribution < -0.4 is 0 Å². The number of fused-ring (bicyclic) bond motifs is 1. The topological polar surface area (TPSA) is 66.4 Å². The molecular weight excluding hydrogens is 372 g/mol. The summed E-state index contributed by atoms with van der Waals surface area (Å²) in [6.45, 7) is 1.30. The van der Waals surface area contributed by atoms with Crippen LogP contribution in [0.25, 0.3) is 10.2 Å². The Morgan fingerprint density at radius 3 is 2.71 bits per heavy atom. The first-order valence-corrected chi connectivity index (χ1v) is 10.2. The molecule has 4 rings (SSSR count). The smallest absolute Gasteiger partial charge is 0.272 e. The van der Waals surface area contributed by atoms with Crippen LogP contribution in [0.1, 0.15) is 44.5 Å². The van der Waals surface area contributed by atoms with Gasteiger partial charge in [0.2, 0.25) is 0 Å². The van der Waals surface area contributed by atoms with Gasteiger partial charge in [0, 0.05) is 50.9 Å². The predicted molar refractivity (Wildman–Crippen MR) is 110 cm³/mol. The Bertz CT molecular complexity index is 1020. The lowest BCUT2D eigenvalue weighted by Gasteiger charge is -2.33. The molecule has 1 fully saturated rings. The van der Waals surface area contributed by atoms with Gasteiger partial charge in [-0.3, -0.25) is 14.6 Å². The largest absolute Gasteiger partial charge is 0.344 e. The van der Waals surface area contributed by atoms with E-state index >= 15 is 0 Å². The first-order chi connectivity index (χ1) is 13.6. The quantitative estimate of drug-likeness (QED) is 0.683. The van der Waals surface area contributed by atoms with Crippen molar-refractivity contribution in [1.29, 1.82) is 0 Å². The van der Waals surface area contributed by atoms with Gasteiger partial charge in [0.05, 0.1) is 4.88 Å². The Hall–Kier alpha value is -2.80. The van der Waals surface area contributed by atoms with E-state index in [1.165, 1.54) is 11.3 Å². The summed E-state index contributed by atoms with van der Waals surface area (Å²) in [5.41, 5.74) is 1.50. The maximum absolute atomic E-state index is 12.9. The number of hydrogen-bond acceptors (Lipinski definition) is 5. The number of amides is 2. The molecule has 1 aliphatic rings. The summed E-state index contributed by atoms with van der Waals surface area (Å²) >= 11 is 1.44. The highest BCUT2D eigenvalue weighted by Gasteiger charge is 2.31. The van der Waals surface area contributed by atoms with Gasteiger partial charge in [0.1, 0.15) is 10.5 Å². The number of nitrogens with zero attached hydrogens (tertiary/aromatic N) is 4. The molecule has 0 spiro atoms. The van der Waals surface area contributed by atoms with Gasteiger partial charge in [-0.2, -0.15) is 0 Å². The molecule has 1 aliphatic heterocycles. The van der Waals surface area contributed by atoms with E-state index in [1.54, 1.807) is 43.5 Å². The van der Waals surface area contributed by atoms with Crippen LogP contribution in [0.15, 0.2) is 42.7 Å². The molecule has 1 atom stereocenters. The highest BCUT2D eigenvalue weighted by molar-refractivity contribution is 7.20. The number of aromatic nitrogens is 2. The second-order valence-corrected chi connectivity index (χ2v) is 8.20. The van der Waals surface area contributed by atoms with Crippen LogP contribution in [0.2, 0.25) is 0 Å². The highest BCUT2D eigenvalue weighted by Crippen LogP contribution is 2.39. The van der Waals surface area contributed by atoms with Crippen molar-refractivity contribution in [2.75, 3.05) is 27.2 Å². The number of likely N-dealkylation sites (tertiary alicyclic amines) is 1. The minimum atomic E-state index is -0.0524. The van der Waals surface area contributed by atoms with Crippen LogP contribution in [-0.2, 0) is 0 Å². The van der Waals surface area contributed by atoms with Crippen molar-refractivity contribution in [3.05, 3.63) is 58.9 Å². The van der Waals surface area contributed by atoms with Crippen LogP contribution >= 0.6 is 11.3 Å². The molecule has 3 aromatic heterocycles. The second kappa shape index (κ2) is 7.67. The Morgan fingerprint density at radius 1 is 1.14 bits per heavy atom. The summed E-state index contributed by atoms with van der Waals surface area (Å²) in [5.74, 6) is 0.0490. The molecule has 6 nitrogen and oxygen atoms in total. The van der Waals surface area contributed by atoms with Crippen molar-refractivity contribution < 1.29 is 9.59 Å². The van der Waals surface area contributed by atoms with Crippen LogP contribution in [0.3, 0.4) is 0 Å². The molecule has 144 valence electrons. The molecule has 4 heterocycles. The van der Waals surface area contributed by atoms with E-state index < -0.39 is 0 Å². The van der Waals surface area contributed by atoms with Crippen LogP contribution in [0.5, 0.6) is 0 Å². The summed E-state index contributed by atoms with van der Waals surface area (Å²) < 4.78 is 0.